The van der Waals surface area contributed by atoms with E-state index in [9.17, 15) is 0 Å². The molecule has 0 amide bonds. The smallest absolute Gasteiger partial charge is 0.213 e. The maximum atomic E-state index is 5.77. The van der Waals surface area contributed by atoms with Gasteiger partial charge in [0.05, 0.1) is 6.61 Å². The fourth-order valence-electron chi connectivity index (χ4n) is 1.74. The minimum atomic E-state index is 0.116. The van der Waals surface area contributed by atoms with Crippen LogP contribution in [0.4, 0.5) is 0 Å². The standard InChI is InChI=1S/C17H30N2O/c1-7-8-9-20-16-11-14(12-18-17(4,5)6)10-15(19-16)13(2)3/h10-11,13,18H,7-9,12H2,1-6H3. The van der Waals surface area contributed by atoms with Gasteiger partial charge >= 0.3 is 0 Å². The van der Waals surface area contributed by atoms with E-state index in [0.29, 0.717) is 5.92 Å². The third kappa shape index (κ3) is 6.38. The Kier molecular flexibility index (Phi) is 6.47. The average Bonchev–Trinajstić information content (AvgIpc) is 2.36. The van der Waals surface area contributed by atoms with Crippen LogP contribution in [0.3, 0.4) is 0 Å². The van der Waals surface area contributed by atoms with Crippen LogP contribution in [0.2, 0.25) is 0 Å². The zero-order valence-electron chi connectivity index (χ0n) is 13.9. The molecular weight excluding hydrogens is 248 g/mol. The second-order valence-corrected chi connectivity index (χ2v) is 6.70. The lowest BCUT2D eigenvalue weighted by molar-refractivity contribution is 0.296. The number of pyridine rings is 1. The molecule has 0 fully saturated rings. The van der Waals surface area contributed by atoms with Crippen LogP contribution in [0, 0.1) is 0 Å². The van der Waals surface area contributed by atoms with Gasteiger partial charge in [-0.25, -0.2) is 4.98 Å². The Balaban J connectivity index is 2.81. The van der Waals surface area contributed by atoms with Crippen molar-refractivity contribution in [3.05, 3.63) is 23.4 Å². The molecule has 1 rings (SSSR count). The number of hydrogen-bond acceptors (Lipinski definition) is 3. The van der Waals surface area contributed by atoms with Crippen LogP contribution in [0.5, 0.6) is 5.88 Å². The maximum Gasteiger partial charge on any atom is 0.213 e. The number of nitrogens with one attached hydrogen (secondary N) is 1. The maximum absolute atomic E-state index is 5.77. The molecule has 0 bridgehead atoms. The van der Waals surface area contributed by atoms with Crippen LogP contribution in [0.15, 0.2) is 12.1 Å². The van der Waals surface area contributed by atoms with E-state index < -0.39 is 0 Å². The molecular formula is C17H30N2O. The third-order valence-corrected chi connectivity index (χ3v) is 3.04. The largest absolute Gasteiger partial charge is 0.478 e. The Morgan fingerprint density at radius 1 is 1.25 bits per heavy atom. The minimum absolute atomic E-state index is 0.116. The van der Waals surface area contributed by atoms with Crippen molar-refractivity contribution in [2.45, 2.75) is 72.4 Å². The number of ether oxygens (including phenoxy) is 1. The fourth-order valence-corrected chi connectivity index (χ4v) is 1.74. The van der Waals surface area contributed by atoms with Gasteiger partial charge in [-0.05, 0) is 44.7 Å². The SMILES string of the molecule is CCCCOc1cc(CNC(C)(C)C)cc(C(C)C)n1. The molecule has 1 aromatic rings. The Morgan fingerprint density at radius 2 is 1.95 bits per heavy atom. The van der Waals surface area contributed by atoms with Crippen molar-refractivity contribution in [3.63, 3.8) is 0 Å². The summed E-state index contributed by atoms with van der Waals surface area (Å²) in [4.78, 5) is 4.60. The monoisotopic (exact) mass is 278 g/mol. The lowest BCUT2D eigenvalue weighted by Gasteiger charge is -2.21. The van der Waals surface area contributed by atoms with Crippen molar-refractivity contribution in [3.8, 4) is 5.88 Å². The van der Waals surface area contributed by atoms with Crippen molar-refractivity contribution in [2.75, 3.05) is 6.61 Å². The Morgan fingerprint density at radius 3 is 2.50 bits per heavy atom. The summed E-state index contributed by atoms with van der Waals surface area (Å²) in [6, 6.07) is 4.23. The van der Waals surface area contributed by atoms with Crippen LogP contribution in [-0.2, 0) is 6.54 Å². The first kappa shape index (κ1) is 17.0. The molecule has 3 nitrogen and oxygen atoms in total. The fraction of sp³-hybridized carbons (Fsp3) is 0.706. The first-order valence-electron chi connectivity index (χ1n) is 7.70. The Hall–Kier alpha value is -1.09. The lowest BCUT2D eigenvalue weighted by atomic mass is 10.1. The predicted molar refractivity (Wildman–Crippen MR) is 85.3 cm³/mol. The molecule has 0 unspecified atom stereocenters. The number of hydrogen-bond donors (Lipinski definition) is 1. The Bertz CT molecular complexity index is 408. The topological polar surface area (TPSA) is 34.1 Å². The van der Waals surface area contributed by atoms with Gasteiger partial charge in [0.15, 0.2) is 0 Å². The number of aromatic nitrogens is 1. The Labute approximate surface area is 124 Å². The summed E-state index contributed by atoms with van der Waals surface area (Å²) in [6.07, 6.45) is 2.21. The summed E-state index contributed by atoms with van der Waals surface area (Å²) in [6.45, 7) is 14.6. The highest BCUT2D eigenvalue weighted by molar-refractivity contribution is 5.26. The van der Waals surface area contributed by atoms with E-state index in [0.717, 1.165) is 37.6 Å². The lowest BCUT2D eigenvalue weighted by Crippen LogP contribution is -2.35. The van der Waals surface area contributed by atoms with Crippen LogP contribution in [-0.4, -0.2) is 17.1 Å². The van der Waals surface area contributed by atoms with E-state index in [2.05, 4.69) is 64.0 Å². The molecule has 0 aliphatic heterocycles. The number of nitrogens with zero attached hydrogens (tertiary/aromatic N) is 1. The normalized spacial score (nSPS) is 11.9. The minimum Gasteiger partial charge on any atom is -0.478 e. The van der Waals surface area contributed by atoms with E-state index in [-0.39, 0.29) is 5.54 Å². The first-order valence-corrected chi connectivity index (χ1v) is 7.70. The zero-order chi connectivity index (χ0) is 15.2. The number of unbranched alkanes of at least 4 members (excludes halogenated alkanes) is 1. The molecule has 0 atom stereocenters. The second kappa shape index (κ2) is 7.63. The first-order chi connectivity index (χ1) is 9.31. The van der Waals surface area contributed by atoms with Gasteiger partial charge in [0.2, 0.25) is 5.88 Å². The van der Waals surface area contributed by atoms with E-state index in [1.54, 1.807) is 0 Å². The molecule has 0 aliphatic carbocycles. The van der Waals surface area contributed by atoms with E-state index in [1.165, 1.54) is 5.56 Å². The predicted octanol–water partition coefficient (Wildman–Crippen LogP) is 4.27. The van der Waals surface area contributed by atoms with Gasteiger partial charge in [-0.1, -0.05) is 27.2 Å². The number of rotatable bonds is 7. The van der Waals surface area contributed by atoms with Gasteiger partial charge in [-0.2, -0.15) is 0 Å². The van der Waals surface area contributed by atoms with Crippen molar-refractivity contribution in [1.29, 1.82) is 0 Å². The molecule has 0 aromatic carbocycles. The van der Waals surface area contributed by atoms with Gasteiger partial charge in [0.25, 0.3) is 0 Å². The van der Waals surface area contributed by atoms with Gasteiger partial charge < -0.3 is 10.1 Å². The highest BCUT2D eigenvalue weighted by Crippen LogP contribution is 2.20. The molecule has 1 N–H and O–H groups in total. The summed E-state index contributed by atoms with van der Waals surface area (Å²) in [5.74, 6) is 1.17. The van der Waals surface area contributed by atoms with Crippen LogP contribution < -0.4 is 10.1 Å². The highest BCUT2D eigenvalue weighted by atomic mass is 16.5. The molecule has 0 spiro atoms. The van der Waals surface area contributed by atoms with Gasteiger partial charge in [-0.3, -0.25) is 0 Å². The van der Waals surface area contributed by atoms with Crippen molar-refractivity contribution < 1.29 is 4.74 Å². The summed E-state index contributed by atoms with van der Waals surface area (Å²) >= 11 is 0. The molecule has 20 heavy (non-hydrogen) atoms. The quantitative estimate of drug-likeness (QED) is 0.756. The molecule has 1 heterocycles. The van der Waals surface area contributed by atoms with Crippen molar-refractivity contribution in [2.24, 2.45) is 0 Å². The van der Waals surface area contributed by atoms with Crippen molar-refractivity contribution in [1.82, 2.24) is 10.3 Å². The molecule has 3 heteroatoms. The third-order valence-electron chi connectivity index (χ3n) is 3.04. The van der Waals surface area contributed by atoms with E-state index in [1.807, 2.05) is 0 Å². The zero-order valence-corrected chi connectivity index (χ0v) is 13.9. The van der Waals surface area contributed by atoms with E-state index in [4.69, 9.17) is 4.74 Å². The van der Waals surface area contributed by atoms with Gasteiger partial charge in [0, 0.05) is 23.8 Å². The van der Waals surface area contributed by atoms with Crippen LogP contribution >= 0.6 is 0 Å². The molecule has 0 saturated heterocycles. The second-order valence-electron chi connectivity index (χ2n) is 6.70. The van der Waals surface area contributed by atoms with Crippen LogP contribution in [0.1, 0.15) is 71.6 Å². The molecule has 1 aromatic heterocycles. The van der Waals surface area contributed by atoms with Crippen molar-refractivity contribution >= 4 is 0 Å². The molecule has 114 valence electrons. The molecule has 0 radical (unpaired) electrons. The van der Waals surface area contributed by atoms with Gasteiger partial charge in [0.1, 0.15) is 0 Å². The average molecular weight is 278 g/mol. The summed E-state index contributed by atoms with van der Waals surface area (Å²) < 4.78 is 5.77. The molecule has 0 saturated carbocycles. The summed E-state index contributed by atoms with van der Waals surface area (Å²) in [5, 5.41) is 3.52. The van der Waals surface area contributed by atoms with E-state index >= 15 is 0 Å². The summed E-state index contributed by atoms with van der Waals surface area (Å²) in [7, 11) is 0. The molecule has 0 aliphatic rings. The van der Waals surface area contributed by atoms with Gasteiger partial charge in [-0.15, -0.1) is 0 Å². The summed E-state index contributed by atoms with van der Waals surface area (Å²) in [5.41, 5.74) is 2.46. The highest BCUT2D eigenvalue weighted by Gasteiger charge is 2.11. The van der Waals surface area contributed by atoms with Crippen LogP contribution in [0.25, 0.3) is 0 Å².